The monoisotopic (exact) mass is 392 g/mol. The highest BCUT2D eigenvalue weighted by molar-refractivity contribution is 5.94. The first kappa shape index (κ1) is 18.6. The van der Waals surface area contributed by atoms with Crippen molar-refractivity contribution in [1.29, 1.82) is 0 Å². The SMILES string of the molecule is COc1c(Oc2c(C)nc3c(O)cccc3c2OC)c(C)nc2c(O)cccc12. The summed E-state index contributed by atoms with van der Waals surface area (Å²) in [7, 11) is 3.07. The zero-order valence-electron chi connectivity index (χ0n) is 16.5. The lowest BCUT2D eigenvalue weighted by Crippen LogP contribution is -2.01. The molecule has 7 heteroatoms. The second-order valence-electron chi connectivity index (χ2n) is 6.57. The molecule has 0 atom stereocenters. The van der Waals surface area contributed by atoms with Gasteiger partial charge in [0.25, 0.3) is 0 Å². The number of pyridine rings is 2. The van der Waals surface area contributed by atoms with Crippen LogP contribution < -0.4 is 14.2 Å². The zero-order chi connectivity index (χ0) is 20.7. The van der Waals surface area contributed by atoms with Gasteiger partial charge in [0.1, 0.15) is 22.5 Å². The number of hydrogen-bond donors (Lipinski definition) is 2. The van der Waals surface area contributed by atoms with Crippen LogP contribution in [0.5, 0.6) is 34.5 Å². The van der Waals surface area contributed by atoms with Crippen LogP contribution in [0.3, 0.4) is 0 Å². The molecule has 0 saturated carbocycles. The molecule has 0 spiro atoms. The molecule has 0 aliphatic heterocycles. The van der Waals surface area contributed by atoms with Crippen molar-refractivity contribution in [2.45, 2.75) is 13.8 Å². The number of nitrogens with zero attached hydrogens (tertiary/aromatic N) is 2. The van der Waals surface area contributed by atoms with Crippen molar-refractivity contribution in [1.82, 2.24) is 9.97 Å². The van der Waals surface area contributed by atoms with Crippen molar-refractivity contribution >= 4 is 21.8 Å². The van der Waals surface area contributed by atoms with Gasteiger partial charge in [0.15, 0.2) is 23.0 Å². The highest BCUT2D eigenvalue weighted by Gasteiger charge is 2.22. The second kappa shape index (κ2) is 7.01. The van der Waals surface area contributed by atoms with Crippen molar-refractivity contribution in [2.75, 3.05) is 14.2 Å². The molecule has 2 aromatic heterocycles. The number of fused-ring (bicyclic) bond motifs is 2. The summed E-state index contributed by atoms with van der Waals surface area (Å²) in [6, 6.07) is 10.2. The predicted molar refractivity (Wildman–Crippen MR) is 109 cm³/mol. The Hall–Kier alpha value is -3.74. The summed E-state index contributed by atoms with van der Waals surface area (Å²) in [6.07, 6.45) is 0. The third-order valence-electron chi connectivity index (χ3n) is 4.76. The van der Waals surface area contributed by atoms with Crippen LogP contribution in [0.4, 0.5) is 0 Å². The van der Waals surface area contributed by atoms with Crippen LogP contribution >= 0.6 is 0 Å². The van der Waals surface area contributed by atoms with Gasteiger partial charge in [-0.05, 0) is 38.1 Å². The average Bonchev–Trinajstić information content (AvgIpc) is 2.70. The number of para-hydroxylation sites is 2. The third-order valence-corrected chi connectivity index (χ3v) is 4.76. The minimum absolute atomic E-state index is 0.0621. The molecular formula is C22H20N2O5. The molecule has 0 aliphatic rings. The van der Waals surface area contributed by atoms with Crippen LogP contribution in [-0.2, 0) is 0 Å². The highest BCUT2D eigenvalue weighted by atomic mass is 16.5. The molecule has 0 radical (unpaired) electrons. The van der Waals surface area contributed by atoms with Gasteiger partial charge in [-0.2, -0.15) is 0 Å². The van der Waals surface area contributed by atoms with Gasteiger partial charge in [-0.25, -0.2) is 9.97 Å². The number of aromatic nitrogens is 2. The van der Waals surface area contributed by atoms with Gasteiger partial charge in [-0.15, -0.1) is 0 Å². The Labute approximate surface area is 167 Å². The summed E-state index contributed by atoms with van der Waals surface area (Å²) in [5.74, 6) is 1.81. The summed E-state index contributed by atoms with van der Waals surface area (Å²) < 4.78 is 17.5. The first-order valence-corrected chi connectivity index (χ1v) is 8.96. The topological polar surface area (TPSA) is 93.9 Å². The Morgan fingerprint density at radius 3 is 1.45 bits per heavy atom. The molecule has 0 amide bonds. The van der Waals surface area contributed by atoms with E-state index in [1.54, 1.807) is 50.2 Å². The summed E-state index contributed by atoms with van der Waals surface area (Å²) in [5.41, 5.74) is 1.93. The Morgan fingerprint density at radius 2 is 1.07 bits per heavy atom. The number of phenolic OH excluding ortho intramolecular Hbond substituents is 2. The Kier molecular flexibility index (Phi) is 4.50. The smallest absolute Gasteiger partial charge is 0.191 e. The average molecular weight is 392 g/mol. The van der Waals surface area contributed by atoms with E-state index in [4.69, 9.17) is 14.2 Å². The maximum absolute atomic E-state index is 10.2. The standard InChI is InChI=1S/C22H20N2O5/c1-11-19(21(27-3)13-7-5-9-15(25)17(13)23-11)29-20-12(2)24-18-14(22(20)28-4)8-6-10-16(18)26/h5-10,25-26H,1-4H3. The maximum atomic E-state index is 10.2. The van der Waals surface area contributed by atoms with E-state index < -0.39 is 0 Å². The fraction of sp³-hybridized carbons (Fsp3) is 0.182. The molecule has 2 heterocycles. The van der Waals surface area contributed by atoms with E-state index in [0.717, 1.165) is 0 Å². The van der Waals surface area contributed by atoms with E-state index in [-0.39, 0.29) is 11.5 Å². The Bertz CT molecular complexity index is 1160. The lowest BCUT2D eigenvalue weighted by atomic mass is 10.1. The fourth-order valence-corrected chi connectivity index (χ4v) is 3.42. The number of aryl methyl sites for hydroxylation is 2. The molecule has 2 N–H and O–H groups in total. The largest absolute Gasteiger partial charge is 0.506 e. The summed E-state index contributed by atoms with van der Waals surface area (Å²) in [6.45, 7) is 3.54. The number of methoxy groups -OCH3 is 2. The lowest BCUT2D eigenvalue weighted by Gasteiger charge is -2.19. The first-order valence-electron chi connectivity index (χ1n) is 8.96. The molecule has 29 heavy (non-hydrogen) atoms. The number of ether oxygens (including phenoxy) is 3. The summed E-state index contributed by atoms with van der Waals surface area (Å²) >= 11 is 0. The molecule has 0 bridgehead atoms. The van der Waals surface area contributed by atoms with Crippen LogP contribution in [-0.4, -0.2) is 34.4 Å². The molecule has 0 unspecified atom stereocenters. The summed E-state index contributed by atoms with van der Waals surface area (Å²) in [4.78, 5) is 8.97. The fourth-order valence-electron chi connectivity index (χ4n) is 3.42. The van der Waals surface area contributed by atoms with E-state index in [1.807, 2.05) is 0 Å². The quantitative estimate of drug-likeness (QED) is 0.523. The van der Waals surface area contributed by atoms with Crippen LogP contribution in [0.2, 0.25) is 0 Å². The van der Waals surface area contributed by atoms with Crippen LogP contribution in [0.25, 0.3) is 21.8 Å². The van der Waals surface area contributed by atoms with Gasteiger partial charge in [-0.1, -0.05) is 12.1 Å². The number of aromatic hydroxyl groups is 2. The number of hydrogen-bond acceptors (Lipinski definition) is 7. The van der Waals surface area contributed by atoms with Gasteiger partial charge < -0.3 is 24.4 Å². The first-order chi connectivity index (χ1) is 14.0. The number of benzene rings is 2. The van der Waals surface area contributed by atoms with E-state index in [1.165, 1.54) is 14.2 Å². The van der Waals surface area contributed by atoms with Gasteiger partial charge in [0.2, 0.25) is 0 Å². The molecule has 4 rings (SSSR count). The summed E-state index contributed by atoms with van der Waals surface area (Å²) in [5, 5.41) is 21.6. The predicted octanol–water partition coefficient (Wildman–Crippen LogP) is 4.62. The van der Waals surface area contributed by atoms with Crippen LogP contribution in [0.15, 0.2) is 36.4 Å². The molecule has 0 saturated heterocycles. The lowest BCUT2D eigenvalue weighted by molar-refractivity contribution is 0.356. The van der Waals surface area contributed by atoms with Gasteiger partial charge in [0, 0.05) is 10.8 Å². The van der Waals surface area contributed by atoms with Crippen LogP contribution in [0.1, 0.15) is 11.4 Å². The highest BCUT2D eigenvalue weighted by Crippen LogP contribution is 2.46. The normalized spacial score (nSPS) is 11.0. The molecule has 4 aromatic rings. The second-order valence-corrected chi connectivity index (χ2v) is 6.57. The molecule has 7 nitrogen and oxygen atoms in total. The van der Waals surface area contributed by atoms with E-state index >= 15 is 0 Å². The van der Waals surface area contributed by atoms with Crippen molar-refractivity contribution in [3.63, 3.8) is 0 Å². The molecule has 2 aromatic carbocycles. The molecule has 0 fully saturated rings. The van der Waals surface area contributed by atoms with Crippen molar-refractivity contribution < 1.29 is 24.4 Å². The zero-order valence-corrected chi connectivity index (χ0v) is 16.5. The van der Waals surface area contributed by atoms with E-state index in [9.17, 15) is 10.2 Å². The van der Waals surface area contributed by atoms with Crippen molar-refractivity contribution in [2.24, 2.45) is 0 Å². The number of phenols is 2. The third kappa shape index (κ3) is 2.91. The van der Waals surface area contributed by atoms with Crippen molar-refractivity contribution in [3.8, 4) is 34.5 Å². The van der Waals surface area contributed by atoms with Gasteiger partial charge in [0.05, 0.1) is 25.6 Å². The molecular weight excluding hydrogens is 372 g/mol. The maximum Gasteiger partial charge on any atom is 0.191 e. The Balaban J connectivity index is 1.97. The molecule has 0 aliphatic carbocycles. The van der Waals surface area contributed by atoms with Gasteiger partial charge in [-0.3, -0.25) is 0 Å². The van der Waals surface area contributed by atoms with E-state index in [0.29, 0.717) is 56.2 Å². The van der Waals surface area contributed by atoms with E-state index in [2.05, 4.69) is 9.97 Å². The van der Waals surface area contributed by atoms with Crippen molar-refractivity contribution in [3.05, 3.63) is 47.8 Å². The Morgan fingerprint density at radius 1 is 0.655 bits per heavy atom. The van der Waals surface area contributed by atoms with Gasteiger partial charge >= 0.3 is 0 Å². The van der Waals surface area contributed by atoms with Crippen LogP contribution in [0, 0.1) is 13.8 Å². The number of rotatable bonds is 4. The minimum Gasteiger partial charge on any atom is -0.506 e. The molecule has 148 valence electrons. The minimum atomic E-state index is 0.0621.